The first kappa shape index (κ1) is 27.8. The van der Waals surface area contributed by atoms with Crippen LogP contribution in [0.1, 0.15) is 18.5 Å². The summed E-state index contributed by atoms with van der Waals surface area (Å²) in [6, 6.07) is 12.6. The van der Waals surface area contributed by atoms with Crippen LogP contribution in [-0.2, 0) is 26.1 Å². The third-order valence-corrected chi connectivity index (χ3v) is 7.82. The molecule has 3 heterocycles. The van der Waals surface area contributed by atoms with Crippen LogP contribution in [0, 0.1) is 0 Å². The molecular weight excluding hydrogens is 503 g/mol. The molecule has 0 saturated carbocycles. The van der Waals surface area contributed by atoms with Crippen LogP contribution in [0.5, 0.6) is 5.75 Å². The fourth-order valence-corrected chi connectivity index (χ4v) is 5.94. The van der Waals surface area contributed by atoms with Crippen molar-refractivity contribution < 1.29 is 41.0 Å². The molecule has 4 rings (SSSR count). The predicted octanol–water partition coefficient (Wildman–Crippen LogP) is 2.78. The number of aliphatic carboxylic acids is 1. The van der Waals surface area contributed by atoms with Crippen molar-refractivity contribution in [2.24, 2.45) is 0 Å². The maximum Gasteiger partial charge on any atom is 0.490 e. The van der Waals surface area contributed by atoms with Crippen LogP contribution in [0.25, 0.3) is 0 Å². The van der Waals surface area contributed by atoms with E-state index in [0.717, 1.165) is 31.7 Å². The minimum Gasteiger partial charge on any atom is -0.487 e. The van der Waals surface area contributed by atoms with E-state index in [1.54, 1.807) is 35.8 Å². The molecule has 13 heteroatoms. The second kappa shape index (κ2) is 12.0. The Hall–Kier alpha value is -2.74. The lowest BCUT2D eigenvalue weighted by Gasteiger charge is -2.31. The first-order chi connectivity index (χ1) is 17.0. The highest BCUT2D eigenvalue weighted by atomic mass is 32.2. The number of halogens is 3. The van der Waals surface area contributed by atoms with E-state index in [2.05, 4.69) is 9.88 Å². The van der Waals surface area contributed by atoms with E-state index in [4.69, 9.17) is 19.4 Å². The Labute approximate surface area is 207 Å². The average Bonchev–Trinajstić information content (AvgIpc) is 3.06. The van der Waals surface area contributed by atoms with Crippen molar-refractivity contribution >= 4 is 16.0 Å². The molecule has 0 radical (unpaired) electrons. The number of sulfonamides is 1. The van der Waals surface area contributed by atoms with Crippen molar-refractivity contribution in [2.75, 3.05) is 33.4 Å². The molecule has 1 saturated heterocycles. The molecule has 1 aromatic carbocycles. The SMILES string of the molecule is COCCN1[C@H]2CCN(Cc3ccccn3)CC[C@@H]2Oc2ccccc2S1(=O)=O.O=C(O)C(F)(F)F. The number of ether oxygens (including phenoxy) is 2. The summed E-state index contributed by atoms with van der Waals surface area (Å²) in [5.74, 6) is -2.31. The van der Waals surface area contributed by atoms with Crippen LogP contribution < -0.4 is 4.74 Å². The van der Waals surface area contributed by atoms with Crippen molar-refractivity contribution in [1.29, 1.82) is 0 Å². The van der Waals surface area contributed by atoms with Crippen molar-refractivity contribution in [3.8, 4) is 5.75 Å². The summed E-state index contributed by atoms with van der Waals surface area (Å²) in [4.78, 5) is 15.9. The lowest BCUT2D eigenvalue weighted by Crippen LogP contribution is -2.48. The number of benzene rings is 1. The molecule has 1 N–H and O–H groups in total. The predicted molar refractivity (Wildman–Crippen MR) is 123 cm³/mol. The third-order valence-electron chi connectivity index (χ3n) is 5.85. The van der Waals surface area contributed by atoms with Crippen LogP contribution in [0.3, 0.4) is 0 Å². The normalized spacial score (nSPS) is 22.0. The quantitative estimate of drug-likeness (QED) is 0.628. The number of nitrogens with zero attached hydrogens (tertiary/aromatic N) is 3. The van der Waals surface area contributed by atoms with Gasteiger partial charge in [-0.05, 0) is 37.1 Å². The number of aromatic nitrogens is 1. The van der Waals surface area contributed by atoms with Crippen LogP contribution in [-0.4, -0.2) is 85.4 Å². The fourth-order valence-electron chi connectivity index (χ4n) is 4.16. The summed E-state index contributed by atoms with van der Waals surface area (Å²) in [5, 5.41) is 7.12. The number of alkyl halides is 3. The summed E-state index contributed by atoms with van der Waals surface area (Å²) < 4.78 is 71.7. The van der Waals surface area contributed by atoms with Gasteiger partial charge in [0.25, 0.3) is 0 Å². The van der Waals surface area contributed by atoms with Crippen molar-refractivity contribution in [1.82, 2.24) is 14.2 Å². The van der Waals surface area contributed by atoms with E-state index in [-0.39, 0.29) is 17.0 Å². The summed E-state index contributed by atoms with van der Waals surface area (Å²) in [5.41, 5.74) is 1.02. The highest BCUT2D eigenvalue weighted by Gasteiger charge is 2.43. The number of carboxylic acid groups (broad SMARTS) is 1. The second-order valence-electron chi connectivity index (χ2n) is 8.26. The topological polar surface area (TPSA) is 109 Å². The Kier molecular flexibility index (Phi) is 9.28. The lowest BCUT2D eigenvalue weighted by atomic mass is 10.1. The van der Waals surface area contributed by atoms with Gasteiger partial charge in [0.05, 0.1) is 18.3 Å². The lowest BCUT2D eigenvalue weighted by molar-refractivity contribution is -0.192. The summed E-state index contributed by atoms with van der Waals surface area (Å²) >= 11 is 0. The number of pyridine rings is 1. The molecule has 36 heavy (non-hydrogen) atoms. The fraction of sp³-hybridized carbons (Fsp3) is 0.478. The van der Waals surface area contributed by atoms with Crippen LogP contribution in [0.4, 0.5) is 13.2 Å². The Balaban J connectivity index is 0.000000454. The Morgan fingerprint density at radius 2 is 1.83 bits per heavy atom. The minimum atomic E-state index is -5.08. The number of carboxylic acids is 1. The largest absolute Gasteiger partial charge is 0.490 e. The zero-order chi connectivity index (χ0) is 26.3. The molecule has 9 nitrogen and oxygen atoms in total. The minimum absolute atomic E-state index is 0.195. The molecule has 0 unspecified atom stereocenters. The smallest absolute Gasteiger partial charge is 0.487 e. The number of rotatable bonds is 5. The second-order valence-corrected chi connectivity index (χ2v) is 10.1. The van der Waals surface area contributed by atoms with E-state index in [1.165, 1.54) is 0 Å². The molecule has 198 valence electrons. The van der Waals surface area contributed by atoms with Crippen molar-refractivity contribution in [3.05, 3.63) is 54.4 Å². The molecule has 0 aliphatic carbocycles. The van der Waals surface area contributed by atoms with Gasteiger partial charge in [0.2, 0.25) is 10.0 Å². The maximum absolute atomic E-state index is 13.4. The first-order valence-electron chi connectivity index (χ1n) is 11.2. The monoisotopic (exact) mass is 531 g/mol. The summed E-state index contributed by atoms with van der Waals surface area (Å²) in [6.45, 7) is 3.04. The van der Waals surface area contributed by atoms with Gasteiger partial charge in [0.15, 0.2) is 0 Å². The van der Waals surface area contributed by atoms with E-state index in [1.807, 2.05) is 24.3 Å². The number of hydrogen-bond acceptors (Lipinski definition) is 7. The molecule has 1 fully saturated rings. The molecule has 0 amide bonds. The molecule has 2 aliphatic heterocycles. The van der Waals surface area contributed by atoms with Gasteiger partial charge in [-0.3, -0.25) is 9.88 Å². The average molecular weight is 532 g/mol. The third kappa shape index (κ3) is 6.93. The highest BCUT2D eigenvalue weighted by molar-refractivity contribution is 7.89. The molecule has 2 aromatic rings. The Bertz CT molecular complexity index is 1120. The zero-order valence-corrected chi connectivity index (χ0v) is 20.4. The van der Waals surface area contributed by atoms with E-state index in [0.29, 0.717) is 25.3 Å². The van der Waals surface area contributed by atoms with Gasteiger partial charge < -0.3 is 14.6 Å². The molecule has 0 spiro atoms. The highest BCUT2D eigenvalue weighted by Crippen LogP contribution is 2.36. The number of para-hydroxylation sites is 1. The van der Waals surface area contributed by atoms with Gasteiger partial charge in [-0.15, -0.1) is 0 Å². The number of fused-ring (bicyclic) bond motifs is 2. The van der Waals surface area contributed by atoms with Gasteiger partial charge in [0.1, 0.15) is 16.7 Å². The number of methoxy groups -OCH3 is 1. The zero-order valence-electron chi connectivity index (χ0n) is 19.6. The number of likely N-dealkylation sites (tertiary alicyclic amines) is 1. The Morgan fingerprint density at radius 1 is 1.17 bits per heavy atom. The molecule has 0 bridgehead atoms. The number of hydrogen-bond donors (Lipinski definition) is 1. The van der Waals surface area contributed by atoms with Crippen molar-refractivity contribution in [2.45, 2.75) is 42.6 Å². The summed E-state index contributed by atoms with van der Waals surface area (Å²) in [7, 11) is -2.07. The maximum atomic E-state index is 13.4. The van der Waals surface area contributed by atoms with Crippen LogP contribution in [0.15, 0.2) is 53.6 Å². The van der Waals surface area contributed by atoms with Gasteiger partial charge in [-0.2, -0.15) is 17.5 Å². The molecule has 1 aromatic heterocycles. The van der Waals surface area contributed by atoms with E-state index >= 15 is 0 Å². The molecule has 2 aliphatic rings. The summed E-state index contributed by atoms with van der Waals surface area (Å²) in [6.07, 6.45) is -2.02. The first-order valence-corrected chi connectivity index (χ1v) is 12.7. The molecular formula is C23H28F3N3O6S. The Morgan fingerprint density at radius 3 is 2.47 bits per heavy atom. The van der Waals surface area contributed by atoms with E-state index < -0.39 is 22.2 Å². The van der Waals surface area contributed by atoms with Crippen molar-refractivity contribution in [3.63, 3.8) is 0 Å². The van der Waals surface area contributed by atoms with Gasteiger partial charge >= 0.3 is 12.1 Å². The standard InChI is InChI=1S/C21H27N3O4S.C2HF3O2/c1-27-15-14-24-18-9-12-23(16-17-6-4-5-11-22-17)13-10-19(18)28-20-7-2-3-8-21(20)29(24,25)26;3-2(4,5)1(6)7/h2-8,11,18-19H,9-10,12-16H2,1H3;(H,6,7)/t18-,19-;/m0./s1. The van der Waals surface area contributed by atoms with Crippen LogP contribution in [0.2, 0.25) is 0 Å². The van der Waals surface area contributed by atoms with E-state index in [9.17, 15) is 21.6 Å². The number of carbonyl (C=O) groups is 1. The van der Waals surface area contributed by atoms with Gasteiger partial charge in [-0.25, -0.2) is 13.2 Å². The molecule has 2 atom stereocenters. The van der Waals surface area contributed by atoms with Gasteiger partial charge in [0, 0.05) is 39.5 Å². The van der Waals surface area contributed by atoms with Crippen LogP contribution >= 0.6 is 0 Å². The van der Waals surface area contributed by atoms with Gasteiger partial charge in [-0.1, -0.05) is 18.2 Å².